The van der Waals surface area contributed by atoms with Crippen molar-refractivity contribution >= 4 is 11.8 Å². The van der Waals surface area contributed by atoms with E-state index in [9.17, 15) is 0 Å². The molecule has 3 nitrogen and oxygen atoms in total. The lowest BCUT2D eigenvalue weighted by atomic mass is 10.2. The van der Waals surface area contributed by atoms with E-state index in [-0.39, 0.29) is 0 Å². The van der Waals surface area contributed by atoms with E-state index in [4.69, 9.17) is 0 Å². The summed E-state index contributed by atoms with van der Waals surface area (Å²) < 4.78 is 1.98. The molecule has 4 heteroatoms. The third-order valence-corrected chi connectivity index (χ3v) is 3.53. The maximum Gasteiger partial charge on any atom is 0.0596 e. The van der Waals surface area contributed by atoms with E-state index in [1.165, 1.54) is 11.4 Å². The predicted octanol–water partition coefficient (Wildman–Crippen LogP) is 1.61. The van der Waals surface area contributed by atoms with Crippen LogP contribution in [0.5, 0.6) is 0 Å². The number of aromatic nitrogens is 2. The first-order valence-corrected chi connectivity index (χ1v) is 6.57. The molecule has 1 rings (SSSR count). The fourth-order valence-corrected chi connectivity index (χ4v) is 2.42. The van der Waals surface area contributed by atoms with Crippen molar-refractivity contribution in [1.29, 1.82) is 0 Å². The van der Waals surface area contributed by atoms with Gasteiger partial charge in [0.05, 0.1) is 5.69 Å². The number of likely N-dealkylation sites (N-methyl/N-ethyl adjacent to an activating group) is 1. The van der Waals surface area contributed by atoms with Gasteiger partial charge >= 0.3 is 0 Å². The van der Waals surface area contributed by atoms with Gasteiger partial charge in [-0.1, -0.05) is 6.92 Å². The van der Waals surface area contributed by atoms with Crippen molar-refractivity contribution in [3.05, 3.63) is 17.5 Å². The second-order valence-corrected chi connectivity index (χ2v) is 5.07. The highest BCUT2D eigenvalue weighted by atomic mass is 32.2. The van der Waals surface area contributed by atoms with Crippen LogP contribution in [0.1, 0.15) is 18.3 Å². The largest absolute Gasteiger partial charge is 0.316 e. The van der Waals surface area contributed by atoms with Crippen LogP contribution in [0.3, 0.4) is 0 Å². The molecule has 0 saturated carbocycles. The molecule has 0 aromatic carbocycles. The number of nitrogens with zero attached hydrogens (tertiary/aromatic N) is 2. The van der Waals surface area contributed by atoms with Gasteiger partial charge in [0, 0.05) is 31.0 Å². The van der Waals surface area contributed by atoms with Crippen LogP contribution in [0, 0.1) is 6.92 Å². The van der Waals surface area contributed by atoms with Gasteiger partial charge in [-0.05, 0) is 25.8 Å². The molecule has 1 N–H and O–H groups in total. The van der Waals surface area contributed by atoms with Crippen LogP contribution >= 0.6 is 11.8 Å². The van der Waals surface area contributed by atoms with Crippen LogP contribution in [0.25, 0.3) is 0 Å². The van der Waals surface area contributed by atoms with Crippen LogP contribution in [-0.2, 0) is 13.5 Å². The van der Waals surface area contributed by atoms with Crippen LogP contribution in [-0.4, -0.2) is 34.4 Å². The normalized spacial score (nSPS) is 13.1. The highest BCUT2D eigenvalue weighted by Gasteiger charge is 2.10. The molecule has 1 unspecified atom stereocenters. The Morgan fingerprint density at radius 1 is 1.60 bits per heavy atom. The van der Waals surface area contributed by atoms with Crippen LogP contribution in [0.2, 0.25) is 0 Å². The van der Waals surface area contributed by atoms with Crippen molar-refractivity contribution in [2.75, 3.05) is 18.6 Å². The third kappa shape index (κ3) is 3.87. The molecule has 0 fully saturated rings. The minimum atomic E-state index is 0.546. The van der Waals surface area contributed by atoms with Gasteiger partial charge in [-0.15, -0.1) is 0 Å². The molecule has 1 atom stereocenters. The molecule has 0 radical (unpaired) electrons. The number of aryl methyl sites for hydroxylation is 2. The first-order valence-electron chi connectivity index (χ1n) is 5.41. The van der Waals surface area contributed by atoms with Gasteiger partial charge in [-0.2, -0.15) is 16.9 Å². The molecule has 0 amide bonds. The Kier molecular flexibility index (Phi) is 5.19. The maximum atomic E-state index is 4.36. The molecule has 1 aromatic rings. The SMILES string of the molecule is CCSCC(Cc1cc(C)nn1C)NC. The Bertz CT molecular complexity index is 296. The molecule has 0 aliphatic rings. The van der Waals surface area contributed by atoms with Crippen molar-refractivity contribution in [2.45, 2.75) is 26.3 Å². The summed E-state index contributed by atoms with van der Waals surface area (Å²) in [6.07, 6.45) is 1.06. The number of rotatable bonds is 6. The van der Waals surface area contributed by atoms with E-state index in [1.807, 2.05) is 37.5 Å². The number of nitrogens with one attached hydrogen (secondary N) is 1. The van der Waals surface area contributed by atoms with Gasteiger partial charge in [-0.3, -0.25) is 4.68 Å². The lowest BCUT2D eigenvalue weighted by Gasteiger charge is -2.15. The Morgan fingerprint density at radius 2 is 2.33 bits per heavy atom. The van der Waals surface area contributed by atoms with Gasteiger partial charge < -0.3 is 5.32 Å². The summed E-state index contributed by atoms with van der Waals surface area (Å²) >= 11 is 1.98. The molecular weight excluding hydrogens is 206 g/mol. The molecule has 1 aromatic heterocycles. The first kappa shape index (κ1) is 12.6. The predicted molar refractivity (Wildman–Crippen MR) is 67.5 cm³/mol. The summed E-state index contributed by atoms with van der Waals surface area (Å²) in [7, 11) is 4.05. The van der Waals surface area contributed by atoms with Crippen molar-refractivity contribution in [3.63, 3.8) is 0 Å². The van der Waals surface area contributed by atoms with E-state index in [1.54, 1.807) is 0 Å². The Labute approximate surface area is 96.6 Å². The molecule has 0 aliphatic carbocycles. The minimum Gasteiger partial charge on any atom is -0.316 e. The lowest BCUT2D eigenvalue weighted by Crippen LogP contribution is -2.30. The van der Waals surface area contributed by atoms with Crippen molar-refractivity contribution in [2.24, 2.45) is 7.05 Å². The zero-order chi connectivity index (χ0) is 11.3. The minimum absolute atomic E-state index is 0.546. The summed E-state index contributed by atoms with van der Waals surface area (Å²) in [5, 5.41) is 7.72. The molecule has 86 valence electrons. The molecular formula is C11H21N3S. The van der Waals surface area contributed by atoms with Gasteiger partial charge in [0.1, 0.15) is 0 Å². The smallest absolute Gasteiger partial charge is 0.0596 e. The third-order valence-electron chi connectivity index (χ3n) is 2.49. The quantitative estimate of drug-likeness (QED) is 0.801. The van der Waals surface area contributed by atoms with Gasteiger partial charge in [0.15, 0.2) is 0 Å². The van der Waals surface area contributed by atoms with Crippen molar-refractivity contribution in [1.82, 2.24) is 15.1 Å². The van der Waals surface area contributed by atoms with E-state index in [0.29, 0.717) is 6.04 Å². The van der Waals surface area contributed by atoms with Gasteiger partial charge in [-0.25, -0.2) is 0 Å². The number of thioether (sulfide) groups is 1. The number of hydrogen-bond donors (Lipinski definition) is 1. The van der Waals surface area contributed by atoms with Crippen molar-refractivity contribution < 1.29 is 0 Å². The molecule has 15 heavy (non-hydrogen) atoms. The van der Waals surface area contributed by atoms with Crippen LogP contribution in [0.15, 0.2) is 6.07 Å². The highest BCUT2D eigenvalue weighted by Crippen LogP contribution is 2.09. The Hall–Kier alpha value is -0.480. The van der Waals surface area contributed by atoms with Crippen molar-refractivity contribution in [3.8, 4) is 0 Å². The van der Waals surface area contributed by atoms with Crippen LogP contribution in [0.4, 0.5) is 0 Å². The monoisotopic (exact) mass is 227 g/mol. The van der Waals surface area contributed by atoms with Gasteiger partial charge in [0.2, 0.25) is 0 Å². The average Bonchev–Trinajstić information content (AvgIpc) is 2.52. The van der Waals surface area contributed by atoms with E-state index in [0.717, 1.165) is 17.9 Å². The molecule has 0 saturated heterocycles. The summed E-state index contributed by atoms with van der Waals surface area (Å²) in [4.78, 5) is 0. The second-order valence-electron chi connectivity index (χ2n) is 3.75. The molecule has 0 bridgehead atoms. The molecule has 0 aliphatic heterocycles. The Balaban J connectivity index is 2.54. The average molecular weight is 227 g/mol. The van der Waals surface area contributed by atoms with E-state index < -0.39 is 0 Å². The fraction of sp³-hybridized carbons (Fsp3) is 0.727. The standard InChI is InChI=1S/C11H21N3S/c1-5-15-8-10(12-3)7-11-6-9(2)13-14(11)4/h6,10,12H,5,7-8H2,1-4H3. The summed E-state index contributed by atoms with van der Waals surface area (Å²) in [5.74, 6) is 2.35. The second kappa shape index (κ2) is 6.18. The highest BCUT2D eigenvalue weighted by molar-refractivity contribution is 7.99. The van der Waals surface area contributed by atoms with Crippen LogP contribution < -0.4 is 5.32 Å². The zero-order valence-electron chi connectivity index (χ0n) is 10.1. The first-order chi connectivity index (χ1) is 7.17. The summed E-state index contributed by atoms with van der Waals surface area (Å²) in [6.45, 7) is 4.24. The van der Waals surface area contributed by atoms with Gasteiger partial charge in [0.25, 0.3) is 0 Å². The molecule has 1 heterocycles. The molecule has 0 spiro atoms. The zero-order valence-corrected chi connectivity index (χ0v) is 10.9. The number of hydrogen-bond acceptors (Lipinski definition) is 3. The Morgan fingerprint density at radius 3 is 2.80 bits per heavy atom. The topological polar surface area (TPSA) is 29.9 Å². The maximum absolute atomic E-state index is 4.36. The lowest BCUT2D eigenvalue weighted by molar-refractivity contribution is 0.582. The van der Waals surface area contributed by atoms with E-state index in [2.05, 4.69) is 23.4 Å². The fourth-order valence-electron chi connectivity index (χ4n) is 1.61. The van der Waals surface area contributed by atoms with E-state index >= 15 is 0 Å². The summed E-state index contributed by atoms with van der Waals surface area (Å²) in [6, 6.07) is 2.71. The summed E-state index contributed by atoms with van der Waals surface area (Å²) in [5.41, 5.74) is 2.41.